The molecule has 2 aromatic heterocycles. The summed E-state index contributed by atoms with van der Waals surface area (Å²) < 4.78 is 17.4. The summed E-state index contributed by atoms with van der Waals surface area (Å²) in [5.74, 6) is 0.522. The van der Waals surface area contributed by atoms with E-state index in [0.29, 0.717) is 46.5 Å². The first-order valence-corrected chi connectivity index (χ1v) is 10.6. The van der Waals surface area contributed by atoms with Gasteiger partial charge in [0.1, 0.15) is 0 Å². The van der Waals surface area contributed by atoms with Gasteiger partial charge in [-0.05, 0) is 44.9 Å². The number of carbonyl (C=O) groups excluding carboxylic acids is 1. The normalized spacial score (nSPS) is 17.4. The Bertz CT molecular complexity index is 1140. The molecule has 158 valence electrons. The molecule has 3 heterocycles. The van der Waals surface area contributed by atoms with Crippen LogP contribution in [0.1, 0.15) is 47.1 Å². The summed E-state index contributed by atoms with van der Waals surface area (Å²) >= 11 is 1.35. The maximum atomic E-state index is 13.3. The van der Waals surface area contributed by atoms with E-state index in [1.54, 1.807) is 29.7 Å². The van der Waals surface area contributed by atoms with Gasteiger partial charge in [0.15, 0.2) is 11.0 Å². The molecular formula is C20H22N4O5S. The van der Waals surface area contributed by atoms with Crippen molar-refractivity contribution >= 4 is 28.6 Å². The number of rotatable bonds is 6. The highest BCUT2D eigenvalue weighted by Gasteiger charge is 2.23. The van der Waals surface area contributed by atoms with Crippen molar-refractivity contribution in [3.05, 3.63) is 45.8 Å². The molecule has 4 rings (SSSR count). The fraction of sp³-hybridized carbons (Fsp3) is 0.450. The molecule has 0 radical (unpaired) electrons. The van der Waals surface area contributed by atoms with Gasteiger partial charge in [-0.2, -0.15) is 4.98 Å². The maximum Gasteiger partial charge on any atom is 0.337 e. The van der Waals surface area contributed by atoms with Crippen LogP contribution in [0.3, 0.4) is 0 Å². The van der Waals surface area contributed by atoms with Gasteiger partial charge < -0.3 is 14.0 Å². The molecule has 1 aliphatic heterocycles. The summed E-state index contributed by atoms with van der Waals surface area (Å²) in [6, 6.07) is 4.76. The van der Waals surface area contributed by atoms with Gasteiger partial charge >= 0.3 is 5.97 Å². The Labute approximate surface area is 176 Å². The number of ether oxygens (including phenoxy) is 2. The Hall–Kier alpha value is -2.72. The minimum atomic E-state index is -0.480. The van der Waals surface area contributed by atoms with E-state index < -0.39 is 5.97 Å². The van der Waals surface area contributed by atoms with Gasteiger partial charge in [0.05, 0.1) is 41.5 Å². The van der Waals surface area contributed by atoms with Gasteiger partial charge in [0.2, 0.25) is 5.89 Å². The van der Waals surface area contributed by atoms with E-state index >= 15 is 0 Å². The molecule has 1 saturated heterocycles. The minimum absolute atomic E-state index is 0.0309. The van der Waals surface area contributed by atoms with Gasteiger partial charge in [-0.1, -0.05) is 16.9 Å². The van der Waals surface area contributed by atoms with Crippen molar-refractivity contribution in [1.29, 1.82) is 0 Å². The van der Waals surface area contributed by atoms with E-state index in [0.717, 1.165) is 12.8 Å². The number of methoxy groups -OCH3 is 1. The molecule has 2 atom stereocenters. The average molecular weight is 430 g/mol. The average Bonchev–Trinajstić information content (AvgIpc) is 3.41. The Morgan fingerprint density at radius 3 is 2.90 bits per heavy atom. The van der Waals surface area contributed by atoms with Crippen LogP contribution in [0.25, 0.3) is 10.9 Å². The Kier molecular flexibility index (Phi) is 5.87. The second-order valence-corrected chi connectivity index (χ2v) is 8.42. The van der Waals surface area contributed by atoms with E-state index in [4.69, 9.17) is 19.0 Å². The summed E-state index contributed by atoms with van der Waals surface area (Å²) in [5, 5.41) is 4.56. The lowest BCUT2D eigenvalue weighted by Crippen LogP contribution is -2.29. The van der Waals surface area contributed by atoms with Crippen LogP contribution in [0.5, 0.6) is 0 Å². The van der Waals surface area contributed by atoms with Crippen LogP contribution >= 0.6 is 11.8 Å². The number of aromatic nitrogens is 4. The molecule has 0 spiro atoms. The van der Waals surface area contributed by atoms with E-state index in [2.05, 4.69) is 10.1 Å². The first-order valence-electron chi connectivity index (χ1n) is 9.67. The molecule has 0 saturated carbocycles. The SMILES string of the molecule is COC(=O)c1ccc2c(=O)n(C[C@H]3CCCO3)c(S[C@H](C)c3nc(C)no3)nc2c1. The topological polar surface area (TPSA) is 109 Å². The Balaban J connectivity index is 1.78. The monoisotopic (exact) mass is 430 g/mol. The second-order valence-electron chi connectivity index (χ2n) is 7.11. The van der Waals surface area contributed by atoms with Gasteiger partial charge in [-0.15, -0.1) is 0 Å². The first kappa shape index (κ1) is 20.5. The number of benzene rings is 1. The van der Waals surface area contributed by atoms with Gasteiger partial charge in [0.25, 0.3) is 5.56 Å². The van der Waals surface area contributed by atoms with Crippen molar-refractivity contribution in [2.75, 3.05) is 13.7 Å². The Morgan fingerprint density at radius 2 is 2.23 bits per heavy atom. The standard InChI is InChI=1S/C20H22N4O5S/c1-11(17-21-12(2)23-29-17)30-20-22-16-9-13(19(26)27-3)6-7-15(16)18(25)24(20)10-14-5-4-8-28-14/h6-7,9,11,14H,4-5,8,10H2,1-3H3/t11-,14-/m1/s1. The third kappa shape index (κ3) is 4.10. The van der Waals surface area contributed by atoms with Gasteiger partial charge in [-0.3, -0.25) is 9.36 Å². The highest BCUT2D eigenvalue weighted by atomic mass is 32.2. The van der Waals surface area contributed by atoms with Crippen LogP contribution < -0.4 is 5.56 Å². The third-order valence-electron chi connectivity index (χ3n) is 4.92. The zero-order chi connectivity index (χ0) is 21.3. The van der Waals surface area contributed by atoms with Crippen LogP contribution in [0, 0.1) is 6.92 Å². The number of carbonyl (C=O) groups is 1. The molecule has 9 nitrogen and oxygen atoms in total. The van der Waals surface area contributed by atoms with Crippen LogP contribution in [0.15, 0.2) is 32.7 Å². The van der Waals surface area contributed by atoms with E-state index in [-0.39, 0.29) is 16.9 Å². The molecular weight excluding hydrogens is 408 g/mol. The van der Waals surface area contributed by atoms with Crippen LogP contribution in [-0.4, -0.2) is 45.5 Å². The van der Waals surface area contributed by atoms with Crippen LogP contribution in [0.4, 0.5) is 0 Å². The van der Waals surface area contributed by atoms with Crippen molar-refractivity contribution < 1.29 is 18.8 Å². The van der Waals surface area contributed by atoms with Crippen molar-refractivity contribution in [1.82, 2.24) is 19.7 Å². The van der Waals surface area contributed by atoms with Gasteiger partial charge in [-0.25, -0.2) is 9.78 Å². The largest absolute Gasteiger partial charge is 0.465 e. The summed E-state index contributed by atoms with van der Waals surface area (Å²) in [6.45, 7) is 4.77. The molecule has 0 aliphatic carbocycles. The van der Waals surface area contributed by atoms with Crippen molar-refractivity contribution in [2.45, 2.75) is 49.7 Å². The maximum absolute atomic E-state index is 13.3. The highest BCUT2D eigenvalue weighted by molar-refractivity contribution is 7.99. The molecule has 30 heavy (non-hydrogen) atoms. The molecule has 0 bridgehead atoms. The molecule has 10 heteroatoms. The van der Waals surface area contributed by atoms with Crippen molar-refractivity contribution in [2.24, 2.45) is 0 Å². The number of hydrogen-bond donors (Lipinski definition) is 0. The number of aryl methyl sites for hydroxylation is 1. The van der Waals surface area contributed by atoms with Crippen LogP contribution in [0.2, 0.25) is 0 Å². The Morgan fingerprint density at radius 1 is 1.40 bits per heavy atom. The smallest absolute Gasteiger partial charge is 0.337 e. The molecule has 1 aromatic carbocycles. The fourth-order valence-electron chi connectivity index (χ4n) is 3.38. The summed E-state index contributed by atoms with van der Waals surface area (Å²) in [7, 11) is 1.31. The number of nitrogens with zero attached hydrogens (tertiary/aromatic N) is 4. The molecule has 0 unspecified atom stereocenters. The summed E-state index contributed by atoms with van der Waals surface area (Å²) in [6.07, 6.45) is 1.84. The quantitative estimate of drug-likeness (QED) is 0.331. The van der Waals surface area contributed by atoms with E-state index in [1.807, 2.05) is 6.92 Å². The molecule has 3 aromatic rings. The molecule has 0 amide bonds. The molecule has 1 aliphatic rings. The number of fused-ring (bicyclic) bond motifs is 1. The lowest BCUT2D eigenvalue weighted by Gasteiger charge is -2.17. The zero-order valence-corrected chi connectivity index (χ0v) is 17.8. The van der Waals surface area contributed by atoms with Crippen molar-refractivity contribution in [3.63, 3.8) is 0 Å². The van der Waals surface area contributed by atoms with Crippen LogP contribution in [-0.2, 0) is 16.0 Å². The number of hydrogen-bond acceptors (Lipinski definition) is 9. The van der Waals surface area contributed by atoms with E-state index in [1.165, 1.54) is 18.9 Å². The summed E-state index contributed by atoms with van der Waals surface area (Å²) in [5.41, 5.74) is 0.594. The highest BCUT2D eigenvalue weighted by Crippen LogP contribution is 2.33. The van der Waals surface area contributed by atoms with E-state index in [9.17, 15) is 9.59 Å². The fourth-order valence-corrected chi connectivity index (χ4v) is 4.32. The predicted octanol–water partition coefficient (Wildman–Crippen LogP) is 2.91. The zero-order valence-electron chi connectivity index (χ0n) is 17.0. The first-order chi connectivity index (χ1) is 14.5. The second kappa shape index (κ2) is 8.57. The number of esters is 1. The molecule has 1 fully saturated rings. The number of thioether (sulfide) groups is 1. The predicted molar refractivity (Wildman–Crippen MR) is 110 cm³/mol. The van der Waals surface area contributed by atoms with Crippen molar-refractivity contribution in [3.8, 4) is 0 Å². The minimum Gasteiger partial charge on any atom is -0.465 e. The lowest BCUT2D eigenvalue weighted by atomic mass is 10.1. The van der Waals surface area contributed by atoms with Gasteiger partial charge in [0, 0.05) is 6.61 Å². The lowest BCUT2D eigenvalue weighted by molar-refractivity contribution is 0.0601. The third-order valence-corrected chi connectivity index (χ3v) is 6.00. The summed E-state index contributed by atoms with van der Waals surface area (Å²) in [4.78, 5) is 34.2. The molecule has 0 N–H and O–H groups in total.